The smallest absolute Gasteiger partial charge is 0.280 e. The maximum atomic E-state index is 14.1. The van der Waals surface area contributed by atoms with Crippen molar-refractivity contribution in [3.8, 4) is 17.0 Å². The minimum Gasteiger partial charge on any atom is -0.508 e. The quantitative estimate of drug-likeness (QED) is 0.383. The second-order valence-corrected chi connectivity index (χ2v) is 9.02. The summed E-state index contributed by atoms with van der Waals surface area (Å²) in [5, 5.41) is 18.1. The summed E-state index contributed by atoms with van der Waals surface area (Å²) in [6.07, 6.45) is 11.9. The second kappa shape index (κ2) is 9.26. The number of hydrogen-bond acceptors (Lipinski definition) is 6. The summed E-state index contributed by atoms with van der Waals surface area (Å²) in [5.41, 5.74) is 6.93. The SMILES string of the molecule is O=C1C(c2ccc(O)cc2)=C(Nc2cnccn2)Cc2c(C3=CCCCC3)c(-c3ccccc3)nn21. The molecule has 0 bridgehead atoms. The lowest BCUT2D eigenvalue weighted by atomic mass is 9.88. The predicted octanol–water partition coefficient (Wildman–Crippen LogP) is 5.72. The molecule has 1 aliphatic carbocycles. The van der Waals surface area contributed by atoms with Crippen molar-refractivity contribution in [1.29, 1.82) is 0 Å². The Morgan fingerprint density at radius 3 is 2.50 bits per heavy atom. The molecule has 0 spiro atoms. The van der Waals surface area contributed by atoms with E-state index in [-0.39, 0.29) is 11.7 Å². The predicted molar refractivity (Wildman–Crippen MR) is 139 cm³/mol. The van der Waals surface area contributed by atoms with Crippen LogP contribution < -0.4 is 5.32 Å². The summed E-state index contributed by atoms with van der Waals surface area (Å²) < 4.78 is 1.57. The molecule has 2 N–H and O–H groups in total. The molecule has 0 fully saturated rings. The van der Waals surface area contributed by atoms with E-state index in [0.717, 1.165) is 47.5 Å². The van der Waals surface area contributed by atoms with E-state index in [4.69, 9.17) is 5.10 Å². The van der Waals surface area contributed by atoms with Crippen LogP contribution in [-0.4, -0.2) is 30.8 Å². The molecule has 36 heavy (non-hydrogen) atoms. The molecule has 2 aliphatic rings. The fourth-order valence-electron chi connectivity index (χ4n) is 5.03. The van der Waals surface area contributed by atoms with Gasteiger partial charge in [-0.3, -0.25) is 9.78 Å². The third-order valence-corrected chi connectivity index (χ3v) is 6.69. The maximum Gasteiger partial charge on any atom is 0.280 e. The van der Waals surface area contributed by atoms with Crippen LogP contribution in [0.15, 0.2) is 85.0 Å². The highest BCUT2D eigenvalue weighted by atomic mass is 16.3. The number of benzene rings is 2. The molecule has 178 valence electrons. The van der Waals surface area contributed by atoms with E-state index in [1.165, 1.54) is 12.0 Å². The molecule has 7 heteroatoms. The molecule has 0 radical (unpaired) electrons. The Labute approximate surface area is 208 Å². The normalized spacial score (nSPS) is 15.4. The number of hydrogen-bond donors (Lipinski definition) is 2. The lowest BCUT2D eigenvalue weighted by Crippen LogP contribution is -2.27. The zero-order valence-electron chi connectivity index (χ0n) is 19.7. The number of rotatable bonds is 5. The van der Waals surface area contributed by atoms with Crippen LogP contribution in [0.25, 0.3) is 22.4 Å². The van der Waals surface area contributed by atoms with Crippen molar-refractivity contribution in [2.75, 3.05) is 5.32 Å². The highest BCUT2D eigenvalue weighted by molar-refractivity contribution is 6.23. The number of carbonyl (C=O) groups excluding carboxylic acids is 1. The largest absolute Gasteiger partial charge is 0.508 e. The van der Waals surface area contributed by atoms with Crippen LogP contribution in [0.1, 0.15) is 47.3 Å². The minimum atomic E-state index is -0.215. The zero-order valence-corrected chi connectivity index (χ0v) is 19.7. The number of allylic oxidation sites excluding steroid dienone is 4. The summed E-state index contributed by atoms with van der Waals surface area (Å²) in [6, 6.07) is 16.7. The third kappa shape index (κ3) is 3.98. The van der Waals surface area contributed by atoms with Crippen LogP contribution in [-0.2, 0) is 6.42 Å². The van der Waals surface area contributed by atoms with Gasteiger partial charge in [0.15, 0.2) is 0 Å². The van der Waals surface area contributed by atoms with E-state index < -0.39 is 0 Å². The summed E-state index contributed by atoms with van der Waals surface area (Å²) in [4.78, 5) is 22.6. The first-order chi connectivity index (χ1) is 17.7. The Hall–Kier alpha value is -4.52. The molecule has 2 aromatic carbocycles. The first-order valence-corrected chi connectivity index (χ1v) is 12.2. The van der Waals surface area contributed by atoms with Crippen LogP contribution in [0, 0.1) is 0 Å². The molecule has 0 saturated carbocycles. The van der Waals surface area contributed by atoms with Crippen molar-refractivity contribution in [1.82, 2.24) is 19.7 Å². The van der Waals surface area contributed by atoms with Gasteiger partial charge >= 0.3 is 0 Å². The summed E-state index contributed by atoms with van der Waals surface area (Å²) in [5.74, 6) is 0.489. The van der Waals surface area contributed by atoms with Crippen LogP contribution >= 0.6 is 0 Å². The number of aromatic hydroxyl groups is 1. The Morgan fingerprint density at radius 2 is 1.78 bits per heavy atom. The molecular formula is C29H25N5O2. The van der Waals surface area contributed by atoms with Gasteiger partial charge in [0.05, 0.1) is 17.5 Å². The minimum absolute atomic E-state index is 0.142. The van der Waals surface area contributed by atoms with Gasteiger partial charge in [-0.05, 0) is 49.0 Å². The number of nitrogens with one attached hydrogen (secondary N) is 1. The molecule has 4 aromatic rings. The molecule has 7 nitrogen and oxygen atoms in total. The monoisotopic (exact) mass is 475 g/mol. The average Bonchev–Trinajstić information content (AvgIpc) is 3.31. The summed E-state index contributed by atoms with van der Waals surface area (Å²) >= 11 is 0. The Bertz CT molecular complexity index is 1490. The number of fused-ring (bicyclic) bond motifs is 1. The maximum absolute atomic E-state index is 14.1. The van der Waals surface area contributed by atoms with Crippen molar-refractivity contribution >= 4 is 22.9 Å². The summed E-state index contributed by atoms with van der Waals surface area (Å²) in [7, 11) is 0. The topological polar surface area (TPSA) is 92.9 Å². The van der Waals surface area contributed by atoms with Crippen LogP contribution in [0.4, 0.5) is 5.82 Å². The average molecular weight is 476 g/mol. The first-order valence-electron chi connectivity index (χ1n) is 12.2. The van der Waals surface area contributed by atoms with E-state index in [9.17, 15) is 9.90 Å². The molecule has 0 amide bonds. The molecule has 6 rings (SSSR count). The number of aromatic nitrogens is 4. The highest BCUT2D eigenvalue weighted by Gasteiger charge is 2.33. The zero-order chi connectivity index (χ0) is 24.5. The second-order valence-electron chi connectivity index (χ2n) is 9.02. The fourth-order valence-corrected chi connectivity index (χ4v) is 5.03. The van der Waals surface area contributed by atoms with Gasteiger partial charge in [0.2, 0.25) is 0 Å². The van der Waals surface area contributed by atoms with Crippen molar-refractivity contribution < 1.29 is 9.90 Å². The van der Waals surface area contributed by atoms with E-state index in [0.29, 0.717) is 23.4 Å². The number of carbonyl (C=O) groups is 1. The molecule has 0 unspecified atom stereocenters. The van der Waals surface area contributed by atoms with Gasteiger partial charge in [0.1, 0.15) is 17.3 Å². The van der Waals surface area contributed by atoms with Gasteiger partial charge in [0, 0.05) is 35.6 Å². The van der Waals surface area contributed by atoms with Crippen molar-refractivity contribution in [2.24, 2.45) is 0 Å². The number of phenolic OH excluding ortho intramolecular Hbond substituents is 1. The fraction of sp³-hybridized carbons (Fsp3) is 0.172. The molecule has 3 heterocycles. The van der Waals surface area contributed by atoms with Crippen molar-refractivity contribution in [2.45, 2.75) is 32.1 Å². The van der Waals surface area contributed by atoms with Crippen LogP contribution in [0.2, 0.25) is 0 Å². The van der Waals surface area contributed by atoms with Gasteiger partial charge in [-0.25, -0.2) is 4.98 Å². The molecular weight excluding hydrogens is 450 g/mol. The Morgan fingerprint density at radius 1 is 0.944 bits per heavy atom. The Kier molecular flexibility index (Phi) is 5.65. The lowest BCUT2D eigenvalue weighted by molar-refractivity contribution is 0.0958. The lowest BCUT2D eigenvalue weighted by Gasteiger charge is -2.23. The molecule has 1 aliphatic heterocycles. The van der Waals surface area contributed by atoms with Crippen molar-refractivity contribution in [3.63, 3.8) is 0 Å². The van der Waals surface area contributed by atoms with E-state index in [1.54, 1.807) is 47.5 Å². The number of anilines is 1. The highest BCUT2D eigenvalue weighted by Crippen LogP contribution is 2.40. The Balaban J connectivity index is 1.55. The van der Waals surface area contributed by atoms with Gasteiger partial charge < -0.3 is 10.4 Å². The first kappa shape index (κ1) is 22.0. The number of nitrogens with zero attached hydrogens (tertiary/aromatic N) is 4. The van der Waals surface area contributed by atoms with E-state index in [2.05, 4.69) is 21.4 Å². The molecule has 2 aromatic heterocycles. The summed E-state index contributed by atoms with van der Waals surface area (Å²) in [6.45, 7) is 0. The molecule has 0 atom stereocenters. The number of phenols is 1. The molecule has 0 saturated heterocycles. The van der Waals surface area contributed by atoms with Crippen molar-refractivity contribution in [3.05, 3.63) is 102 Å². The van der Waals surface area contributed by atoms with Crippen LogP contribution in [0.3, 0.4) is 0 Å². The standard InChI is InChI=1S/C29H25N5O2/c35-22-13-11-20(12-14-22)26-23(32-25-18-30-15-16-31-25)17-24-27(19-7-3-1-4-8-19)28(33-34(24)29(26)36)21-9-5-2-6-10-21/h2,5-7,9-16,18,35H,1,3-4,8,17H2,(H,31,32). The van der Waals surface area contributed by atoms with Gasteiger partial charge in [-0.1, -0.05) is 48.5 Å². The van der Waals surface area contributed by atoms with Crippen LogP contribution in [0.5, 0.6) is 5.75 Å². The third-order valence-electron chi connectivity index (χ3n) is 6.69. The van der Waals surface area contributed by atoms with Gasteiger partial charge in [0.25, 0.3) is 5.91 Å². The van der Waals surface area contributed by atoms with Gasteiger partial charge in [-0.2, -0.15) is 9.78 Å². The van der Waals surface area contributed by atoms with Gasteiger partial charge in [-0.15, -0.1) is 0 Å². The van der Waals surface area contributed by atoms with E-state index in [1.807, 2.05) is 30.3 Å². The van der Waals surface area contributed by atoms with E-state index >= 15 is 0 Å².